The van der Waals surface area contributed by atoms with Crippen molar-refractivity contribution in [3.8, 4) is 0 Å². The monoisotopic (exact) mass is 286 g/mol. The van der Waals surface area contributed by atoms with E-state index in [0.29, 0.717) is 0 Å². The van der Waals surface area contributed by atoms with Crippen LogP contribution in [0, 0.1) is 0 Å². The van der Waals surface area contributed by atoms with Crippen LogP contribution >= 0.6 is 7.82 Å². The van der Waals surface area contributed by atoms with E-state index in [1.807, 2.05) is 0 Å². The molecule has 0 spiro atoms. The summed E-state index contributed by atoms with van der Waals surface area (Å²) in [5, 5.41) is 0. The molecule has 112 valence electrons. The molecule has 0 atom stereocenters. The molecule has 0 unspecified atom stereocenters. The lowest BCUT2D eigenvalue weighted by atomic mass is 10.1. The van der Waals surface area contributed by atoms with Crippen molar-refractivity contribution in [2.45, 2.75) is 71.1 Å². The zero-order valence-corrected chi connectivity index (χ0v) is 12.2. The highest BCUT2D eigenvalue weighted by atomic mass is 31.2. The van der Waals surface area contributed by atoms with E-state index >= 15 is 0 Å². The predicted octanol–water partition coefficient (Wildman–Crippen LogP) is 4.17. The van der Waals surface area contributed by atoms with E-state index in [1.54, 1.807) is 0 Å². The Labute approximate surface area is 110 Å². The Kier molecular flexibility index (Phi) is 15.2. The number of phosphoric ester groups is 1. The SMILES string of the molecule is CCCCCCCCCCCCOP(=O)(O)O.F. The van der Waals surface area contributed by atoms with Gasteiger partial charge in [0.15, 0.2) is 0 Å². The third kappa shape index (κ3) is 18.4. The Hall–Kier alpha value is 0.0400. The lowest BCUT2D eigenvalue weighted by molar-refractivity contribution is 0.193. The zero-order valence-electron chi connectivity index (χ0n) is 11.3. The molecule has 0 aromatic rings. The van der Waals surface area contributed by atoms with E-state index in [4.69, 9.17) is 9.79 Å². The maximum atomic E-state index is 10.4. The first kappa shape index (κ1) is 20.4. The Morgan fingerprint density at radius 1 is 0.833 bits per heavy atom. The number of halogens is 1. The second-order valence-electron chi connectivity index (χ2n) is 4.51. The minimum absolute atomic E-state index is 0. The highest BCUT2D eigenvalue weighted by molar-refractivity contribution is 7.46. The third-order valence-electron chi connectivity index (χ3n) is 2.76. The molecule has 0 aliphatic carbocycles. The molecule has 0 fully saturated rings. The molecule has 0 saturated heterocycles. The minimum atomic E-state index is -4.24. The number of hydrogen-bond donors (Lipinski definition) is 2. The Morgan fingerprint density at radius 2 is 1.22 bits per heavy atom. The van der Waals surface area contributed by atoms with Gasteiger partial charge in [-0.2, -0.15) is 0 Å². The highest BCUT2D eigenvalue weighted by Gasteiger charge is 2.12. The summed E-state index contributed by atoms with van der Waals surface area (Å²) in [5.74, 6) is 0. The molecule has 0 aliphatic rings. The zero-order chi connectivity index (χ0) is 13.0. The molecule has 0 saturated carbocycles. The van der Waals surface area contributed by atoms with Crippen LogP contribution in [-0.4, -0.2) is 16.4 Å². The van der Waals surface area contributed by atoms with E-state index in [-0.39, 0.29) is 11.3 Å². The van der Waals surface area contributed by atoms with Gasteiger partial charge in [0.1, 0.15) is 0 Å². The van der Waals surface area contributed by atoms with Crippen molar-refractivity contribution in [2.75, 3.05) is 6.61 Å². The first-order chi connectivity index (χ1) is 8.06. The van der Waals surface area contributed by atoms with Crippen LogP contribution in [0.15, 0.2) is 0 Å². The molecule has 0 heterocycles. The predicted molar refractivity (Wildman–Crippen MR) is 72.3 cm³/mol. The van der Waals surface area contributed by atoms with Crippen molar-refractivity contribution in [1.82, 2.24) is 0 Å². The van der Waals surface area contributed by atoms with E-state index in [2.05, 4.69) is 11.4 Å². The summed E-state index contributed by atoms with van der Waals surface area (Å²) in [6, 6.07) is 0. The summed E-state index contributed by atoms with van der Waals surface area (Å²) >= 11 is 0. The van der Waals surface area contributed by atoms with Crippen LogP contribution in [0.25, 0.3) is 0 Å². The van der Waals surface area contributed by atoms with Crippen LogP contribution in [0.1, 0.15) is 71.1 Å². The molecule has 0 aliphatic heterocycles. The van der Waals surface area contributed by atoms with Gasteiger partial charge in [-0.15, -0.1) is 0 Å². The van der Waals surface area contributed by atoms with E-state index in [0.717, 1.165) is 19.3 Å². The molecule has 2 N–H and O–H groups in total. The van der Waals surface area contributed by atoms with Gasteiger partial charge in [-0.3, -0.25) is 9.23 Å². The van der Waals surface area contributed by atoms with Crippen LogP contribution in [0.3, 0.4) is 0 Å². The van der Waals surface area contributed by atoms with E-state index < -0.39 is 7.82 Å². The second kappa shape index (κ2) is 13.5. The summed E-state index contributed by atoms with van der Waals surface area (Å²) in [7, 11) is -4.24. The van der Waals surface area contributed by atoms with Gasteiger partial charge >= 0.3 is 7.82 Å². The van der Waals surface area contributed by atoms with Gasteiger partial charge < -0.3 is 9.79 Å². The molecular formula is C12H28FO4P. The van der Waals surface area contributed by atoms with Gasteiger partial charge in [-0.05, 0) is 6.42 Å². The Balaban J connectivity index is 0. The van der Waals surface area contributed by atoms with Crippen LogP contribution in [0.5, 0.6) is 0 Å². The van der Waals surface area contributed by atoms with Crippen LogP contribution in [-0.2, 0) is 9.09 Å². The summed E-state index contributed by atoms with van der Waals surface area (Å²) < 4.78 is 14.7. The van der Waals surface area contributed by atoms with Gasteiger partial charge in [0.05, 0.1) is 6.61 Å². The minimum Gasteiger partial charge on any atom is -0.303 e. The van der Waals surface area contributed by atoms with Crippen LogP contribution in [0.2, 0.25) is 0 Å². The number of phosphoric acid groups is 1. The van der Waals surface area contributed by atoms with Crippen molar-refractivity contribution in [1.29, 1.82) is 0 Å². The van der Waals surface area contributed by atoms with Crippen molar-refractivity contribution < 1.29 is 23.6 Å². The molecule has 0 bridgehead atoms. The molecule has 4 nitrogen and oxygen atoms in total. The average Bonchev–Trinajstić information content (AvgIpc) is 2.24. The largest absolute Gasteiger partial charge is 0.469 e. The van der Waals surface area contributed by atoms with Crippen LogP contribution < -0.4 is 0 Å². The molecule has 6 heteroatoms. The first-order valence-corrected chi connectivity index (χ1v) is 8.29. The number of hydrogen-bond acceptors (Lipinski definition) is 2. The maximum Gasteiger partial charge on any atom is 0.469 e. The lowest BCUT2D eigenvalue weighted by Gasteiger charge is -2.05. The van der Waals surface area contributed by atoms with Crippen molar-refractivity contribution >= 4 is 7.82 Å². The summed E-state index contributed by atoms with van der Waals surface area (Å²) in [6.07, 6.45) is 12.0. The van der Waals surface area contributed by atoms with E-state index in [9.17, 15) is 4.57 Å². The van der Waals surface area contributed by atoms with Gasteiger partial charge in [-0.1, -0.05) is 64.7 Å². The van der Waals surface area contributed by atoms with Gasteiger partial charge in [0.2, 0.25) is 0 Å². The van der Waals surface area contributed by atoms with Crippen LogP contribution in [0.4, 0.5) is 4.70 Å². The molecule has 0 aromatic carbocycles. The molecular weight excluding hydrogens is 258 g/mol. The Bertz CT molecular complexity index is 208. The highest BCUT2D eigenvalue weighted by Crippen LogP contribution is 2.35. The van der Waals surface area contributed by atoms with Crippen molar-refractivity contribution in [2.24, 2.45) is 0 Å². The average molecular weight is 286 g/mol. The fourth-order valence-electron chi connectivity index (χ4n) is 1.77. The molecule has 18 heavy (non-hydrogen) atoms. The van der Waals surface area contributed by atoms with Crippen molar-refractivity contribution in [3.63, 3.8) is 0 Å². The smallest absolute Gasteiger partial charge is 0.303 e. The first-order valence-electron chi connectivity index (χ1n) is 6.76. The Morgan fingerprint density at radius 3 is 1.61 bits per heavy atom. The van der Waals surface area contributed by atoms with Crippen molar-refractivity contribution in [3.05, 3.63) is 0 Å². The summed E-state index contributed by atoms with van der Waals surface area (Å²) in [6.45, 7) is 2.39. The standard InChI is InChI=1S/C12H27O4P.FH/c1-2-3-4-5-6-7-8-9-10-11-12-16-17(13,14)15;/h2-12H2,1H3,(H2,13,14,15);1H. The van der Waals surface area contributed by atoms with E-state index in [1.165, 1.54) is 44.9 Å². The normalized spacial score (nSPS) is 11.3. The fraction of sp³-hybridized carbons (Fsp3) is 1.00. The third-order valence-corrected chi connectivity index (χ3v) is 3.28. The number of rotatable bonds is 12. The second-order valence-corrected chi connectivity index (χ2v) is 5.75. The summed E-state index contributed by atoms with van der Waals surface area (Å²) in [4.78, 5) is 16.9. The van der Waals surface area contributed by atoms with Gasteiger partial charge in [0, 0.05) is 0 Å². The van der Waals surface area contributed by atoms with Gasteiger partial charge in [0.25, 0.3) is 0 Å². The quantitative estimate of drug-likeness (QED) is 0.417. The summed E-state index contributed by atoms with van der Waals surface area (Å²) in [5.41, 5.74) is 0. The number of unbranched alkanes of at least 4 members (excludes halogenated alkanes) is 9. The maximum absolute atomic E-state index is 10.4. The van der Waals surface area contributed by atoms with Gasteiger partial charge in [-0.25, -0.2) is 4.57 Å². The molecule has 0 amide bonds. The molecule has 0 radical (unpaired) electrons. The fourth-order valence-corrected chi connectivity index (χ4v) is 2.14. The lowest BCUT2D eigenvalue weighted by Crippen LogP contribution is -1.92. The topological polar surface area (TPSA) is 66.8 Å². The molecule has 0 rings (SSSR count). The molecule has 0 aromatic heterocycles.